The molecule has 1 aliphatic carbocycles. The van der Waals surface area contributed by atoms with Gasteiger partial charge in [-0.1, -0.05) is 12.1 Å². The van der Waals surface area contributed by atoms with Gasteiger partial charge in [0.25, 0.3) is 5.56 Å². The summed E-state index contributed by atoms with van der Waals surface area (Å²) >= 11 is 5.21. The van der Waals surface area contributed by atoms with Gasteiger partial charge in [0.05, 0.1) is 11.4 Å². The fourth-order valence-electron chi connectivity index (χ4n) is 2.43. The fraction of sp³-hybridized carbons (Fsp3) is 0.333. The highest BCUT2D eigenvalue weighted by Gasteiger charge is 2.15. The summed E-state index contributed by atoms with van der Waals surface area (Å²) in [6, 6.07) is 8.08. The van der Waals surface area contributed by atoms with Crippen molar-refractivity contribution in [3.8, 4) is 0 Å². The van der Waals surface area contributed by atoms with E-state index < -0.39 is 0 Å². The quantitative estimate of drug-likeness (QED) is 0.858. The first-order valence-corrected chi connectivity index (χ1v) is 8.50. The zero-order valence-electron chi connectivity index (χ0n) is 11.0. The van der Waals surface area contributed by atoms with Gasteiger partial charge in [0.1, 0.15) is 5.82 Å². The molecule has 1 aromatic carbocycles. The lowest BCUT2D eigenvalue weighted by molar-refractivity contribution is 0.651. The molecule has 1 heterocycles. The van der Waals surface area contributed by atoms with E-state index in [4.69, 9.17) is 0 Å². The highest BCUT2D eigenvalue weighted by atomic mass is 79.9. The fourth-order valence-corrected chi connectivity index (χ4v) is 3.87. The van der Waals surface area contributed by atoms with Gasteiger partial charge in [-0.3, -0.25) is 4.79 Å². The Morgan fingerprint density at radius 1 is 1.25 bits per heavy atom. The van der Waals surface area contributed by atoms with Crippen molar-refractivity contribution < 1.29 is 0 Å². The van der Waals surface area contributed by atoms with Crippen molar-refractivity contribution in [2.24, 2.45) is 0 Å². The van der Waals surface area contributed by atoms with E-state index in [2.05, 4.69) is 32.0 Å². The molecule has 0 aliphatic heterocycles. The maximum absolute atomic E-state index is 12.0. The van der Waals surface area contributed by atoms with E-state index in [1.54, 1.807) is 11.8 Å². The number of rotatable bonds is 3. The minimum absolute atomic E-state index is 0.0532. The number of benzene rings is 1. The Balaban J connectivity index is 1.80. The molecule has 0 saturated heterocycles. The van der Waals surface area contributed by atoms with E-state index in [9.17, 15) is 4.79 Å². The van der Waals surface area contributed by atoms with Crippen LogP contribution in [0.3, 0.4) is 0 Å². The predicted octanol–water partition coefficient (Wildman–Crippen LogP) is 3.70. The van der Waals surface area contributed by atoms with Crippen LogP contribution >= 0.6 is 27.7 Å². The predicted molar refractivity (Wildman–Crippen MR) is 85.2 cm³/mol. The largest absolute Gasteiger partial charge is 0.310 e. The number of nitrogens with zero attached hydrogens (tertiary/aromatic N) is 1. The SMILES string of the molecule is O=c1[nH]c(CSc2ccccc2Br)nc2c1CCCC2. The summed E-state index contributed by atoms with van der Waals surface area (Å²) in [6.45, 7) is 0. The number of aromatic nitrogens is 2. The Bertz CT molecular complexity index is 684. The average molecular weight is 351 g/mol. The van der Waals surface area contributed by atoms with E-state index in [1.807, 2.05) is 18.2 Å². The first-order chi connectivity index (χ1) is 9.74. The summed E-state index contributed by atoms with van der Waals surface area (Å²) < 4.78 is 1.07. The number of hydrogen-bond donors (Lipinski definition) is 1. The van der Waals surface area contributed by atoms with E-state index >= 15 is 0 Å². The van der Waals surface area contributed by atoms with Crippen molar-refractivity contribution in [3.05, 3.63) is 56.2 Å². The van der Waals surface area contributed by atoms with Crippen molar-refractivity contribution in [1.82, 2.24) is 9.97 Å². The molecule has 0 saturated carbocycles. The molecule has 1 aliphatic rings. The van der Waals surface area contributed by atoms with Gasteiger partial charge in [0.2, 0.25) is 0 Å². The van der Waals surface area contributed by atoms with E-state index in [0.29, 0.717) is 5.75 Å². The van der Waals surface area contributed by atoms with Gasteiger partial charge in [-0.15, -0.1) is 11.8 Å². The zero-order chi connectivity index (χ0) is 13.9. The number of fused-ring (bicyclic) bond motifs is 1. The third kappa shape index (κ3) is 2.99. The van der Waals surface area contributed by atoms with E-state index in [-0.39, 0.29) is 5.56 Å². The maximum Gasteiger partial charge on any atom is 0.254 e. The van der Waals surface area contributed by atoms with Crippen LogP contribution in [0.4, 0.5) is 0 Å². The van der Waals surface area contributed by atoms with E-state index in [0.717, 1.165) is 52.1 Å². The number of nitrogens with one attached hydrogen (secondary N) is 1. The topological polar surface area (TPSA) is 45.8 Å². The van der Waals surface area contributed by atoms with Crippen molar-refractivity contribution in [3.63, 3.8) is 0 Å². The third-order valence-electron chi connectivity index (χ3n) is 3.44. The Morgan fingerprint density at radius 3 is 2.90 bits per heavy atom. The van der Waals surface area contributed by atoms with Crippen LogP contribution in [0.25, 0.3) is 0 Å². The molecule has 0 spiro atoms. The summed E-state index contributed by atoms with van der Waals surface area (Å²) in [4.78, 5) is 20.8. The monoisotopic (exact) mass is 350 g/mol. The van der Waals surface area contributed by atoms with Gasteiger partial charge >= 0.3 is 0 Å². The Kier molecular flexibility index (Phi) is 4.27. The van der Waals surface area contributed by atoms with Crippen LogP contribution in [0.15, 0.2) is 38.4 Å². The molecule has 3 rings (SSSR count). The summed E-state index contributed by atoms with van der Waals surface area (Å²) in [5.41, 5.74) is 1.95. The second-order valence-electron chi connectivity index (χ2n) is 4.86. The van der Waals surface area contributed by atoms with Gasteiger partial charge in [-0.25, -0.2) is 4.98 Å². The summed E-state index contributed by atoms with van der Waals surface area (Å²) in [6.07, 6.45) is 4.05. The van der Waals surface area contributed by atoms with Gasteiger partial charge in [0.15, 0.2) is 0 Å². The van der Waals surface area contributed by atoms with Crippen molar-refractivity contribution in [2.75, 3.05) is 0 Å². The Hall–Kier alpha value is -1.07. The van der Waals surface area contributed by atoms with Crippen LogP contribution in [0.5, 0.6) is 0 Å². The molecule has 5 heteroatoms. The van der Waals surface area contributed by atoms with Crippen LogP contribution in [0.1, 0.15) is 29.9 Å². The number of halogens is 1. The van der Waals surface area contributed by atoms with Gasteiger partial charge in [0, 0.05) is 14.9 Å². The molecule has 1 N–H and O–H groups in total. The molecule has 20 heavy (non-hydrogen) atoms. The minimum atomic E-state index is 0.0532. The molecule has 0 unspecified atom stereocenters. The van der Waals surface area contributed by atoms with Crippen molar-refractivity contribution in [2.45, 2.75) is 36.3 Å². The van der Waals surface area contributed by atoms with Crippen molar-refractivity contribution >= 4 is 27.7 Å². The van der Waals surface area contributed by atoms with Crippen molar-refractivity contribution in [1.29, 1.82) is 0 Å². The molecule has 0 fully saturated rings. The third-order valence-corrected chi connectivity index (χ3v) is 5.48. The number of hydrogen-bond acceptors (Lipinski definition) is 3. The Morgan fingerprint density at radius 2 is 2.05 bits per heavy atom. The second kappa shape index (κ2) is 6.14. The van der Waals surface area contributed by atoms with Crippen LogP contribution in [0, 0.1) is 0 Å². The molecule has 2 aromatic rings. The Labute approximate surface area is 130 Å². The lowest BCUT2D eigenvalue weighted by Crippen LogP contribution is -2.22. The molecule has 0 amide bonds. The molecule has 3 nitrogen and oxygen atoms in total. The molecule has 0 radical (unpaired) electrons. The highest BCUT2D eigenvalue weighted by Crippen LogP contribution is 2.29. The molecule has 104 valence electrons. The number of aromatic amines is 1. The molecule has 1 aromatic heterocycles. The van der Waals surface area contributed by atoms with Gasteiger partial charge < -0.3 is 4.98 Å². The maximum atomic E-state index is 12.0. The molecular weight excluding hydrogens is 336 g/mol. The normalized spacial score (nSPS) is 14.1. The molecular formula is C15H15BrN2OS. The summed E-state index contributed by atoms with van der Waals surface area (Å²) in [7, 11) is 0. The first kappa shape index (κ1) is 13.9. The number of aryl methyl sites for hydroxylation is 1. The lowest BCUT2D eigenvalue weighted by atomic mass is 9.97. The van der Waals surface area contributed by atoms with Crippen LogP contribution in [-0.4, -0.2) is 9.97 Å². The average Bonchev–Trinajstić information content (AvgIpc) is 2.46. The zero-order valence-corrected chi connectivity index (χ0v) is 13.4. The molecule has 0 atom stereocenters. The van der Waals surface area contributed by atoms with Crippen LogP contribution in [0.2, 0.25) is 0 Å². The van der Waals surface area contributed by atoms with Crippen LogP contribution in [-0.2, 0) is 18.6 Å². The van der Waals surface area contributed by atoms with E-state index in [1.165, 1.54) is 0 Å². The van der Waals surface area contributed by atoms with Gasteiger partial charge in [-0.2, -0.15) is 0 Å². The highest BCUT2D eigenvalue weighted by molar-refractivity contribution is 9.10. The summed E-state index contributed by atoms with van der Waals surface area (Å²) in [5.74, 6) is 1.46. The lowest BCUT2D eigenvalue weighted by Gasteiger charge is -2.14. The molecule has 0 bridgehead atoms. The summed E-state index contributed by atoms with van der Waals surface area (Å²) in [5, 5.41) is 0. The second-order valence-corrected chi connectivity index (χ2v) is 6.74. The smallest absolute Gasteiger partial charge is 0.254 e. The number of thioether (sulfide) groups is 1. The number of H-pyrrole nitrogens is 1. The van der Waals surface area contributed by atoms with Crippen LogP contribution < -0.4 is 5.56 Å². The first-order valence-electron chi connectivity index (χ1n) is 6.72. The minimum Gasteiger partial charge on any atom is -0.310 e. The van der Waals surface area contributed by atoms with Gasteiger partial charge in [-0.05, 0) is 53.7 Å². The standard InChI is InChI=1S/C15H15BrN2OS/c16-11-6-2-4-8-13(11)20-9-14-17-12-7-3-1-5-10(12)15(19)18-14/h2,4,6,8H,1,3,5,7,9H2,(H,17,18,19).